The van der Waals surface area contributed by atoms with Crippen LogP contribution in [-0.2, 0) is 9.84 Å². The van der Waals surface area contributed by atoms with Crippen molar-refractivity contribution in [2.75, 3.05) is 11.5 Å². The highest BCUT2D eigenvalue weighted by atomic mass is 32.2. The summed E-state index contributed by atoms with van der Waals surface area (Å²) in [5, 5.41) is 5.37. The van der Waals surface area contributed by atoms with Crippen molar-refractivity contribution in [1.29, 1.82) is 0 Å². The third kappa shape index (κ3) is 2.78. The number of furan rings is 1. The lowest BCUT2D eigenvalue weighted by Crippen LogP contribution is -2.38. The Morgan fingerprint density at radius 1 is 1.14 bits per heavy atom. The van der Waals surface area contributed by atoms with Gasteiger partial charge in [-0.05, 0) is 37.3 Å². The highest BCUT2D eigenvalue weighted by Crippen LogP contribution is 2.36. The molecule has 9 heteroatoms. The number of sulfone groups is 1. The van der Waals surface area contributed by atoms with Gasteiger partial charge in [0.05, 0.1) is 28.6 Å². The SMILES string of the molecule is Cc1cc2c(-c3cn(C4CS(=O)(=O)C4)nc3-c3ccc(F)cc3)ncnc2o1. The second-order valence-corrected chi connectivity index (χ2v) is 9.06. The fourth-order valence-corrected chi connectivity index (χ4v) is 4.83. The van der Waals surface area contributed by atoms with Crippen molar-refractivity contribution in [3.05, 3.63) is 54.4 Å². The number of benzene rings is 1. The van der Waals surface area contributed by atoms with E-state index in [4.69, 9.17) is 4.42 Å². The van der Waals surface area contributed by atoms with E-state index >= 15 is 0 Å². The number of halogens is 1. The van der Waals surface area contributed by atoms with Crippen molar-refractivity contribution in [3.8, 4) is 22.5 Å². The summed E-state index contributed by atoms with van der Waals surface area (Å²) in [5.41, 5.74) is 3.12. The number of rotatable bonds is 3. The molecule has 4 aromatic rings. The first-order chi connectivity index (χ1) is 13.4. The van der Waals surface area contributed by atoms with Gasteiger partial charge in [0.1, 0.15) is 23.6 Å². The Bertz CT molecular complexity index is 1300. The second kappa shape index (κ2) is 5.96. The monoisotopic (exact) mass is 398 g/mol. The molecule has 142 valence electrons. The van der Waals surface area contributed by atoms with Gasteiger partial charge in [0.25, 0.3) is 0 Å². The summed E-state index contributed by atoms with van der Waals surface area (Å²) in [6.07, 6.45) is 3.21. The van der Waals surface area contributed by atoms with Gasteiger partial charge in [-0.3, -0.25) is 4.68 Å². The number of aromatic nitrogens is 4. The van der Waals surface area contributed by atoms with Gasteiger partial charge in [-0.2, -0.15) is 5.10 Å². The van der Waals surface area contributed by atoms with E-state index in [0.717, 1.165) is 5.39 Å². The van der Waals surface area contributed by atoms with Crippen LogP contribution in [0.4, 0.5) is 4.39 Å². The Hall–Kier alpha value is -3.07. The molecule has 1 aliphatic heterocycles. The second-order valence-electron chi connectivity index (χ2n) is 6.91. The lowest BCUT2D eigenvalue weighted by molar-refractivity contribution is 0.474. The van der Waals surface area contributed by atoms with Crippen LogP contribution in [0.1, 0.15) is 11.8 Å². The molecule has 0 saturated carbocycles. The van der Waals surface area contributed by atoms with Crippen LogP contribution in [-0.4, -0.2) is 39.7 Å². The van der Waals surface area contributed by atoms with Gasteiger partial charge in [-0.1, -0.05) is 0 Å². The standard InChI is InChI=1S/C19H15FN4O3S/c1-11-6-15-18(21-10-22-19(15)27-11)16-7-24(14-8-28(25,26)9-14)23-17(16)12-2-4-13(20)5-3-12/h2-7,10,14H,8-9H2,1H3. The van der Waals surface area contributed by atoms with Gasteiger partial charge in [-0.25, -0.2) is 22.8 Å². The van der Waals surface area contributed by atoms with Crippen molar-refractivity contribution in [2.45, 2.75) is 13.0 Å². The number of hydrogen-bond donors (Lipinski definition) is 0. The van der Waals surface area contributed by atoms with Crippen LogP contribution in [0.25, 0.3) is 33.6 Å². The smallest absolute Gasteiger partial charge is 0.229 e. The Morgan fingerprint density at radius 3 is 2.61 bits per heavy atom. The van der Waals surface area contributed by atoms with Gasteiger partial charge in [0, 0.05) is 17.3 Å². The summed E-state index contributed by atoms with van der Waals surface area (Å²) in [6, 6.07) is 7.64. The molecule has 0 bridgehead atoms. The first-order valence-electron chi connectivity index (χ1n) is 8.67. The van der Waals surface area contributed by atoms with Gasteiger partial charge >= 0.3 is 0 Å². The number of nitrogens with zero attached hydrogens (tertiary/aromatic N) is 4. The van der Waals surface area contributed by atoms with E-state index in [9.17, 15) is 12.8 Å². The maximum absolute atomic E-state index is 13.4. The molecule has 1 fully saturated rings. The third-order valence-electron chi connectivity index (χ3n) is 4.82. The molecule has 0 amide bonds. The summed E-state index contributed by atoms with van der Waals surface area (Å²) in [6.45, 7) is 1.83. The Labute approximate surface area is 159 Å². The molecule has 0 aliphatic carbocycles. The van der Waals surface area contributed by atoms with Crippen molar-refractivity contribution >= 4 is 20.9 Å². The predicted octanol–water partition coefficient (Wildman–Crippen LogP) is 3.17. The Kier molecular flexibility index (Phi) is 3.63. The molecular formula is C19H15FN4O3S. The molecule has 7 nitrogen and oxygen atoms in total. The average molecular weight is 398 g/mol. The zero-order valence-corrected chi connectivity index (χ0v) is 15.6. The van der Waals surface area contributed by atoms with Gasteiger partial charge in [0.15, 0.2) is 9.84 Å². The number of hydrogen-bond acceptors (Lipinski definition) is 6. The molecule has 0 N–H and O–H groups in total. The molecule has 0 radical (unpaired) electrons. The zero-order chi connectivity index (χ0) is 19.5. The van der Waals surface area contributed by atoms with Crippen LogP contribution in [0.5, 0.6) is 0 Å². The molecule has 5 rings (SSSR count). The molecule has 0 atom stereocenters. The topological polar surface area (TPSA) is 90.9 Å². The summed E-state index contributed by atoms with van der Waals surface area (Å²) in [5.74, 6) is 0.476. The first-order valence-corrected chi connectivity index (χ1v) is 10.5. The van der Waals surface area contributed by atoms with Crippen LogP contribution >= 0.6 is 0 Å². The lowest BCUT2D eigenvalue weighted by Gasteiger charge is -2.25. The highest BCUT2D eigenvalue weighted by Gasteiger charge is 2.36. The molecular weight excluding hydrogens is 383 g/mol. The fourth-order valence-electron chi connectivity index (χ4n) is 3.45. The summed E-state index contributed by atoms with van der Waals surface area (Å²) >= 11 is 0. The normalized spacial score (nSPS) is 16.4. The van der Waals surface area contributed by atoms with Crippen molar-refractivity contribution in [2.24, 2.45) is 0 Å². The highest BCUT2D eigenvalue weighted by molar-refractivity contribution is 7.92. The summed E-state index contributed by atoms with van der Waals surface area (Å²) in [7, 11) is -3.00. The molecule has 4 heterocycles. The van der Waals surface area contributed by atoms with Crippen LogP contribution in [0.15, 0.2) is 47.3 Å². The van der Waals surface area contributed by atoms with E-state index in [1.807, 2.05) is 13.0 Å². The van der Waals surface area contributed by atoms with Crippen molar-refractivity contribution in [1.82, 2.24) is 19.7 Å². The molecule has 0 spiro atoms. The lowest BCUT2D eigenvalue weighted by atomic mass is 10.0. The maximum atomic E-state index is 13.4. The van der Waals surface area contributed by atoms with E-state index < -0.39 is 9.84 Å². The summed E-state index contributed by atoms with van der Waals surface area (Å²) in [4.78, 5) is 8.58. The Balaban J connectivity index is 1.71. The minimum atomic E-state index is -3.00. The van der Waals surface area contributed by atoms with E-state index in [1.54, 1.807) is 23.0 Å². The van der Waals surface area contributed by atoms with Crippen LogP contribution in [0.2, 0.25) is 0 Å². The van der Waals surface area contributed by atoms with E-state index in [0.29, 0.717) is 34.0 Å². The van der Waals surface area contributed by atoms with Gasteiger partial charge in [0.2, 0.25) is 5.71 Å². The van der Waals surface area contributed by atoms with Gasteiger partial charge < -0.3 is 4.42 Å². The van der Waals surface area contributed by atoms with Crippen LogP contribution in [0.3, 0.4) is 0 Å². The van der Waals surface area contributed by atoms with E-state index in [2.05, 4.69) is 15.1 Å². The minimum Gasteiger partial charge on any atom is -0.443 e. The number of aryl methyl sites for hydroxylation is 1. The molecule has 28 heavy (non-hydrogen) atoms. The van der Waals surface area contributed by atoms with Crippen molar-refractivity contribution < 1.29 is 17.2 Å². The largest absolute Gasteiger partial charge is 0.443 e. The van der Waals surface area contributed by atoms with Crippen LogP contribution < -0.4 is 0 Å². The van der Waals surface area contributed by atoms with Crippen LogP contribution in [0, 0.1) is 12.7 Å². The minimum absolute atomic E-state index is 0.0565. The third-order valence-corrected chi connectivity index (χ3v) is 6.61. The maximum Gasteiger partial charge on any atom is 0.229 e. The quantitative estimate of drug-likeness (QED) is 0.526. The molecule has 0 unspecified atom stereocenters. The van der Waals surface area contributed by atoms with E-state index in [-0.39, 0.29) is 23.4 Å². The zero-order valence-electron chi connectivity index (χ0n) is 14.8. The molecule has 1 aliphatic rings. The molecule has 1 aromatic carbocycles. The van der Waals surface area contributed by atoms with E-state index in [1.165, 1.54) is 18.5 Å². The number of fused-ring (bicyclic) bond motifs is 1. The fraction of sp³-hybridized carbons (Fsp3) is 0.211. The van der Waals surface area contributed by atoms with Crippen molar-refractivity contribution in [3.63, 3.8) is 0 Å². The predicted molar refractivity (Wildman–Crippen MR) is 101 cm³/mol. The Morgan fingerprint density at radius 2 is 1.89 bits per heavy atom. The van der Waals surface area contributed by atoms with Gasteiger partial charge in [-0.15, -0.1) is 0 Å². The average Bonchev–Trinajstić information content (AvgIpc) is 3.22. The molecule has 1 saturated heterocycles. The first kappa shape index (κ1) is 17.1. The molecule has 3 aromatic heterocycles. The summed E-state index contributed by atoms with van der Waals surface area (Å²) < 4.78 is 43.9.